The monoisotopic (exact) mass is 558 g/mol. The second-order valence-corrected chi connectivity index (χ2v) is 12.8. The Kier molecular flexibility index (Phi) is 9.06. The summed E-state index contributed by atoms with van der Waals surface area (Å²) in [6.45, 7) is 11.3. The van der Waals surface area contributed by atoms with Gasteiger partial charge in [0.15, 0.2) is 0 Å². The number of hydrogen-bond acceptors (Lipinski definition) is 5. The fourth-order valence-electron chi connectivity index (χ4n) is 5.66. The number of hydrogen-bond donors (Lipinski definition) is 2. The third kappa shape index (κ3) is 7.11. The molecule has 0 aromatic carbocycles. The molecule has 3 aliphatic rings. The smallest absolute Gasteiger partial charge is 0.344 e. The SMILES string of the molecule is CC(C)[C@@H]1[C@@H](C(=O)NC(CC2CC2)C(=O)C(=O)N2CCC2)N(C(=O)[C@@H](NC(=O)C(F)(F)F)C(C)(C)C)C[C@@H]1C. The van der Waals surface area contributed by atoms with Gasteiger partial charge in [-0.1, -0.05) is 54.4 Å². The van der Waals surface area contributed by atoms with Crippen LogP contribution < -0.4 is 10.6 Å². The summed E-state index contributed by atoms with van der Waals surface area (Å²) in [6.07, 6.45) is -2.27. The third-order valence-electron chi connectivity index (χ3n) is 8.06. The predicted molar refractivity (Wildman–Crippen MR) is 136 cm³/mol. The quantitative estimate of drug-likeness (QED) is 0.422. The summed E-state index contributed by atoms with van der Waals surface area (Å²) in [7, 11) is 0. The van der Waals surface area contributed by atoms with Crippen LogP contribution in [0.2, 0.25) is 0 Å². The van der Waals surface area contributed by atoms with E-state index >= 15 is 0 Å². The first kappa shape index (κ1) is 30.9. The van der Waals surface area contributed by atoms with Gasteiger partial charge in [-0.2, -0.15) is 13.2 Å². The number of nitrogens with zero attached hydrogens (tertiary/aromatic N) is 2. The number of Topliss-reactive ketones (excluding diaryl/α,β-unsaturated/α-hetero) is 1. The molecule has 1 unspecified atom stereocenters. The first-order chi connectivity index (χ1) is 17.9. The van der Waals surface area contributed by atoms with Crippen LogP contribution >= 0.6 is 0 Å². The second-order valence-electron chi connectivity index (χ2n) is 12.8. The van der Waals surface area contributed by atoms with Crippen LogP contribution in [0.25, 0.3) is 0 Å². The molecule has 0 radical (unpaired) electrons. The molecule has 1 aliphatic carbocycles. The average Bonchev–Trinajstić information content (AvgIpc) is 3.51. The van der Waals surface area contributed by atoms with Crippen molar-refractivity contribution in [2.24, 2.45) is 29.1 Å². The Balaban J connectivity index is 1.89. The van der Waals surface area contributed by atoms with Crippen molar-refractivity contribution in [2.75, 3.05) is 19.6 Å². The predicted octanol–water partition coefficient (Wildman–Crippen LogP) is 2.29. The molecular formula is C27H41F3N4O5. The highest BCUT2D eigenvalue weighted by Gasteiger charge is 2.52. The zero-order valence-corrected chi connectivity index (χ0v) is 23.6. The van der Waals surface area contributed by atoms with Crippen LogP contribution in [-0.2, 0) is 24.0 Å². The summed E-state index contributed by atoms with van der Waals surface area (Å²) in [4.78, 5) is 67.9. The van der Waals surface area contributed by atoms with Gasteiger partial charge in [0.2, 0.25) is 17.6 Å². The van der Waals surface area contributed by atoms with Crippen molar-refractivity contribution in [3.05, 3.63) is 0 Å². The second kappa shape index (κ2) is 11.4. The molecule has 2 heterocycles. The van der Waals surface area contributed by atoms with Gasteiger partial charge in [0.25, 0.3) is 5.91 Å². The van der Waals surface area contributed by atoms with Gasteiger partial charge < -0.3 is 20.4 Å². The van der Waals surface area contributed by atoms with E-state index in [2.05, 4.69) is 5.32 Å². The van der Waals surface area contributed by atoms with E-state index in [0.717, 1.165) is 19.3 Å². The molecule has 9 nitrogen and oxygen atoms in total. The van der Waals surface area contributed by atoms with E-state index < -0.39 is 59.1 Å². The highest BCUT2D eigenvalue weighted by atomic mass is 19.4. The summed E-state index contributed by atoms with van der Waals surface area (Å²) in [6, 6.07) is -3.66. The minimum atomic E-state index is -5.18. The van der Waals surface area contributed by atoms with Gasteiger partial charge in [0.1, 0.15) is 12.1 Å². The Morgan fingerprint density at radius 2 is 1.56 bits per heavy atom. The number of rotatable bonds is 9. The topological polar surface area (TPSA) is 116 Å². The van der Waals surface area contributed by atoms with Crippen LogP contribution in [0, 0.1) is 29.1 Å². The lowest BCUT2D eigenvalue weighted by Gasteiger charge is -2.37. The van der Waals surface area contributed by atoms with Crippen LogP contribution in [0.4, 0.5) is 13.2 Å². The molecule has 39 heavy (non-hydrogen) atoms. The van der Waals surface area contributed by atoms with Gasteiger partial charge in [0, 0.05) is 19.6 Å². The summed E-state index contributed by atoms with van der Waals surface area (Å²) in [5, 5.41) is 4.58. The van der Waals surface area contributed by atoms with Gasteiger partial charge in [-0.3, -0.25) is 24.0 Å². The number of halogens is 3. The molecule has 3 fully saturated rings. The number of alkyl halides is 3. The van der Waals surface area contributed by atoms with Crippen molar-refractivity contribution in [1.29, 1.82) is 0 Å². The summed E-state index contributed by atoms with van der Waals surface area (Å²) in [5.74, 6) is -5.36. The molecule has 2 aliphatic heterocycles. The third-order valence-corrected chi connectivity index (χ3v) is 8.06. The summed E-state index contributed by atoms with van der Waals surface area (Å²) in [5.41, 5.74) is -1.09. The molecule has 0 aromatic rings. The normalized spacial score (nSPS) is 25.1. The zero-order valence-electron chi connectivity index (χ0n) is 23.6. The van der Waals surface area contributed by atoms with E-state index in [9.17, 15) is 37.1 Å². The van der Waals surface area contributed by atoms with Crippen molar-refractivity contribution in [2.45, 2.75) is 91.5 Å². The first-order valence-electron chi connectivity index (χ1n) is 13.7. The highest BCUT2D eigenvalue weighted by Crippen LogP contribution is 2.38. The Hall–Kier alpha value is -2.66. The standard InChI is InChI=1S/C27H41F3N4O5/c1-14(2)18-15(3)13-34(24(38)21(26(4,5)6)32-25(39)27(28,29)30)19(18)22(36)31-17(12-16-8-9-16)20(35)23(37)33-10-7-11-33/h14-19,21H,7-13H2,1-6H3,(H,31,36)(H,32,39)/t15-,17?,18-,19-,21+/m0/s1. The van der Waals surface area contributed by atoms with E-state index in [1.54, 1.807) is 0 Å². The Morgan fingerprint density at radius 3 is 2.00 bits per heavy atom. The summed E-state index contributed by atoms with van der Waals surface area (Å²) >= 11 is 0. The van der Waals surface area contributed by atoms with Gasteiger partial charge in [-0.05, 0) is 41.9 Å². The fourth-order valence-corrected chi connectivity index (χ4v) is 5.66. The van der Waals surface area contributed by atoms with E-state index in [4.69, 9.17) is 0 Å². The maximum absolute atomic E-state index is 13.8. The van der Waals surface area contributed by atoms with Crippen molar-refractivity contribution in [3.63, 3.8) is 0 Å². The van der Waals surface area contributed by atoms with Gasteiger partial charge >= 0.3 is 12.1 Å². The van der Waals surface area contributed by atoms with E-state index in [1.165, 1.54) is 30.6 Å². The first-order valence-corrected chi connectivity index (χ1v) is 13.7. The van der Waals surface area contributed by atoms with Gasteiger partial charge in [-0.25, -0.2) is 0 Å². The average molecular weight is 559 g/mol. The molecule has 1 saturated carbocycles. The minimum Gasteiger partial charge on any atom is -0.344 e. The van der Waals surface area contributed by atoms with Crippen molar-refractivity contribution < 1.29 is 37.1 Å². The maximum atomic E-state index is 13.8. The molecule has 220 valence electrons. The molecule has 12 heteroatoms. The molecule has 5 atom stereocenters. The molecule has 0 spiro atoms. The molecule has 0 aromatic heterocycles. The molecular weight excluding hydrogens is 517 g/mol. The highest BCUT2D eigenvalue weighted by molar-refractivity contribution is 6.38. The lowest BCUT2D eigenvalue weighted by molar-refractivity contribution is -0.176. The van der Waals surface area contributed by atoms with E-state index in [0.29, 0.717) is 19.5 Å². The number of carbonyl (C=O) groups is 5. The van der Waals surface area contributed by atoms with Gasteiger partial charge in [-0.15, -0.1) is 0 Å². The molecule has 4 amide bonds. The minimum absolute atomic E-state index is 0.0771. The van der Waals surface area contributed by atoms with Crippen LogP contribution in [0.15, 0.2) is 0 Å². The van der Waals surface area contributed by atoms with Crippen molar-refractivity contribution >= 4 is 29.4 Å². The van der Waals surface area contributed by atoms with Crippen molar-refractivity contribution in [3.8, 4) is 0 Å². The number of carbonyl (C=O) groups excluding carboxylic acids is 5. The lowest BCUT2D eigenvalue weighted by atomic mass is 9.81. The van der Waals surface area contributed by atoms with Crippen molar-refractivity contribution in [1.82, 2.24) is 20.4 Å². The molecule has 3 rings (SSSR count). The Morgan fingerprint density at radius 1 is 0.974 bits per heavy atom. The molecule has 2 N–H and O–H groups in total. The van der Waals surface area contributed by atoms with Gasteiger partial charge in [0.05, 0.1) is 6.04 Å². The van der Waals surface area contributed by atoms with Crippen LogP contribution in [0.3, 0.4) is 0 Å². The van der Waals surface area contributed by atoms with Crippen LogP contribution in [0.1, 0.15) is 67.2 Å². The maximum Gasteiger partial charge on any atom is 0.471 e. The zero-order chi connectivity index (χ0) is 29.4. The van der Waals surface area contributed by atoms with Crippen LogP contribution in [0.5, 0.6) is 0 Å². The number of ketones is 1. The van der Waals surface area contributed by atoms with Crippen LogP contribution in [-0.4, -0.2) is 83.1 Å². The molecule has 0 bridgehead atoms. The van der Waals surface area contributed by atoms with E-state index in [-0.39, 0.29) is 30.2 Å². The van der Waals surface area contributed by atoms with E-state index in [1.807, 2.05) is 26.1 Å². The number of amides is 4. The lowest BCUT2D eigenvalue weighted by Crippen LogP contribution is -2.61. The Labute approximate surface area is 227 Å². The fraction of sp³-hybridized carbons (Fsp3) is 0.815. The Bertz CT molecular complexity index is 985. The number of nitrogens with one attached hydrogen (secondary N) is 2. The molecule has 2 saturated heterocycles. The summed E-state index contributed by atoms with van der Waals surface area (Å²) < 4.78 is 39.3. The largest absolute Gasteiger partial charge is 0.471 e. The number of likely N-dealkylation sites (tertiary alicyclic amines) is 2.